The van der Waals surface area contributed by atoms with Crippen molar-refractivity contribution in [2.24, 2.45) is 5.73 Å². The first-order valence-electron chi connectivity index (χ1n) is 6.57. The number of hydrogen-bond acceptors (Lipinski definition) is 4. The van der Waals surface area contributed by atoms with Crippen molar-refractivity contribution in [3.05, 3.63) is 23.9 Å². The van der Waals surface area contributed by atoms with Gasteiger partial charge in [-0.3, -0.25) is 0 Å². The van der Waals surface area contributed by atoms with Crippen LogP contribution in [0.2, 0.25) is 0 Å². The Morgan fingerprint density at radius 2 is 2.17 bits per heavy atom. The fraction of sp³-hybridized carbons (Fsp3) is 0.643. The molecule has 0 amide bonds. The molecule has 1 rings (SSSR count). The van der Waals surface area contributed by atoms with Gasteiger partial charge in [-0.2, -0.15) is 0 Å². The van der Waals surface area contributed by atoms with Crippen molar-refractivity contribution in [3.8, 4) is 0 Å². The van der Waals surface area contributed by atoms with Crippen LogP contribution in [0.5, 0.6) is 0 Å². The zero-order chi connectivity index (χ0) is 13.5. The zero-order valence-corrected chi connectivity index (χ0v) is 11.9. The average Bonchev–Trinajstić information content (AvgIpc) is 2.39. The monoisotopic (exact) mass is 251 g/mol. The van der Waals surface area contributed by atoms with E-state index in [1.54, 1.807) is 7.11 Å². The highest BCUT2D eigenvalue weighted by Gasteiger charge is 2.18. The standard InChI is InChI=1S/C14H25N3O/c1-5-11(2)17(9-10-18-4)14-13(12(3)15)7-6-8-16-14/h6-8,11-12H,5,9-10,15H2,1-4H3/t11?,12-/m1/s1. The summed E-state index contributed by atoms with van der Waals surface area (Å²) in [5.74, 6) is 0.985. The first-order chi connectivity index (χ1) is 8.61. The Labute approximate surface area is 110 Å². The van der Waals surface area contributed by atoms with E-state index in [4.69, 9.17) is 10.5 Å². The van der Waals surface area contributed by atoms with Crippen molar-refractivity contribution in [1.82, 2.24) is 4.98 Å². The van der Waals surface area contributed by atoms with Crippen LogP contribution in [0.25, 0.3) is 0 Å². The number of ether oxygens (including phenoxy) is 1. The molecule has 1 aromatic heterocycles. The maximum Gasteiger partial charge on any atom is 0.133 e. The first kappa shape index (κ1) is 14.9. The Kier molecular flexibility index (Phi) is 6.09. The molecule has 0 radical (unpaired) electrons. The molecule has 0 spiro atoms. The lowest BCUT2D eigenvalue weighted by atomic mass is 10.1. The summed E-state index contributed by atoms with van der Waals surface area (Å²) in [5.41, 5.74) is 7.12. The van der Waals surface area contributed by atoms with Crippen LogP contribution in [-0.2, 0) is 4.74 Å². The van der Waals surface area contributed by atoms with Crippen LogP contribution in [0.1, 0.15) is 38.8 Å². The third-order valence-corrected chi connectivity index (χ3v) is 3.24. The van der Waals surface area contributed by atoms with E-state index in [0.29, 0.717) is 12.6 Å². The number of hydrogen-bond donors (Lipinski definition) is 1. The molecule has 4 heteroatoms. The normalized spacial score (nSPS) is 14.3. The molecule has 1 unspecified atom stereocenters. The number of pyridine rings is 1. The Hall–Kier alpha value is -1.13. The fourth-order valence-electron chi connectivity index (χ4n) is 1.95. The molecule has 0 aliphatic carbocycles. The summed E-state index contributed by atoms with van der Waals surface area (Å²) in [4.78, 5) is 6.79. The topological polar surface area (TPSA) is 51.4 Å². The van der Waals surface area contributed by atoms with Crippen LogP contribution in [0.3, 0.4) is 0 Å². The summed E-state index contributed by atoms with van der Waals surface area (Å²) in [6.07, 6.45) is 2.89. The number of anilines is 1. The quantitative estimate of drug-likeness (QED) is 0.808. The molecule has 0 saturated carbocycles. The molecule has 0 aromatic carbocycles. The van der Waals surface area contributed by atoms with Crippen LogP contribution in [0, 0.1) is 0 Å². The van der Waals surface area contributed by atoms with Gasteiger partial charge < -0.3 is 15.4 Å². The molecular formula is C14H25N3O. The van der Waals surface area contributed by atoms with Gasteiger partial charge in [-0.15, -0.1) is 0 Å². The molecule has 2 N–H and O–H groups in total. The van der Waals surface area contributed by atoms with Gasteiger partial charge in [0.25, 0.3) is 0 Å². The van der Waals surface area contributed by atoms with Gasteiger partial charge in [0.15, 0.2) is 0 Å². The summed E-state index contributed by atoms with van der Waals surface area (Å²) in [6.45, 7) is 7.90. The lowest BCUT2D eigenvalue weighted by molar-refractivity contribution is 0.203. The number of rotatable bonds is 7. The highest BCUT2D eigenvalue weighted by molar-refractivity contribution is 5.49. The Balaban J connectivity index is 3.03. The number of nitrogens with zero attached hydrogens (tertiary/aromatic N) is 2. The van der Waals surface area contributed by atoms with Crippen LogP contribution in [0.4, 0.5) is 5.82 Å². The molecule has 102 valence electrons. The molecular weight excluding hydrogens is 226 g/mol. The van der Waals surface area contributed by atoms with Gasteiger partial charge in [-0.1, -0.05) is 13.0 Å². The third-order valence-electron chi connectivity index (χ3n) is 3.24. The molecule has 0 bridgehead atoms. The van der Waals surface area contributed by atoms with Crippen molar-refractivity contribution in [1.29, 1.82) is 0 Å². The molecule has 1 aromatic rings. The van der Waals surface area contributed by atoms with E-state index in [0.717, 1.165) is 24.3 Å². The Morgan fingerprint density at radius 3 is 2.72 bits per heavy atom. The van der Waals surface area contributed by atoms with E-state index in [1.165, 1.54) is 0 Å². The van der Waals surface area contributed by atoms with E-state index in [2.05, 4.69) is 29.8 Å². The fourth-order valence-corrected chi connectivity index (χ4v) is 1.95. The predicted octanol–water partition coefficient (Wildman–Crippen LogP) is 2.35. The molecule has 18 heavy (non-hydrogen) atoms. The van der Waals surface area contributed by atoms with Crippen molar-refractivity contribution >= 4 is 5.82 Å². The Morgan fingerprint density at radius 1 is 1.44 bits per heavy atom. The van der Waals surface area contributed by atoms with E-state index in [1.807, 2.05) is 19.2 Å². The highest BCUT2D eigenvalue weighted by Crippen LogP contribution is 2.24. The lowest BCUT2D eigenvalue weighted by Crippen LogP contribution is -2.37. The lowest BCUT2D eigenvalue weighted by Gasteiger charge is -2.31. The minimum absolute atomic E-state index is 0.0113. The van der Waals surface area contributed by atoms with Crippen molar-refractivity contribution in [2.45, 2.75) is 39.3 Å². The first-order valence-corrected chi connectivity index (χ1v) is 6.57. The largest absolute Gasteiger partial charge is 0.383 e. The summed E-state index contributed by atoms with van der Waals surface area (Å²) < 4.78 is 5.19. The maximum atomic E-state index is 6.02. The smallest absolute Gasteiger partial charge is 0.133 e. The van der Waals surface area contributed by atoms with Gasteiger partial charge in [-0.05, 0) is 26.3 Å². The van der Waals surface area contributed by atoms with Crippen molar-refractivity contribution in [3.63, 3.8) is 0 Å². The van der Waals surface area contributed by atoms with Crippen LogP contribution < -0.4 is 10.6 Å². The van der Waals surface area contributed by atoms with Gasteiger partial charge in [-0.25, -0.2) is 4.98 Å². The number of methoxy groups -OCH3 is 1. The van der Waals surface area contributed by atoms with Crippen LogP contribution in [0.15, 0.2) is 18.3 Å². The van der Waals surface area contributed by atoms with Gasteiger partial charge in [0.05, 0.1) is 6.61 Å². The van der Waals surface area contributed by atoms with Gasteiger partial charge in [0, 0.05) is 37.5 Å². The van der Waals surface area contributed by atoms with E-state index >= 15 is 0 Å². The third kappa shape index (κ3) is 3.68. The molecule has 0 fully saturated rings. The molecule has 2 atom stereocenters. The molecule has 0 aliphatic rings. The SMILES string of the molecule is CCC(C)N(CCOC)c1ncccc1[C@@H](C)N. The summed E-state index contributed by atoms with van der Waals surface area (Å²) >= 11 is 0. The van der Waals surface area contributed by atoms with E-state index in [-0.39, 0.29) is 6.04 Å². The van der Waals surface area contributed by atoms with Gasteiger partial charge in [0.1, 0.15) is 5.82 Å². The van der Waals surface area contributed by atoms with Crippen LogP contribution in [-0.4, -0.2) is 31.3 Å². The molecule has 1 heterocycles. The minimum atomic E-state index is -0.0113. The van der Waals surface area contributed by atoms with Crippen LogP contribution >= 0.6 is 0 Å². The summed E-state index contributed by atoms with van der Waals surface area (Å²) in [7, 11) is 1.72. The summed E-state index contributed by atoms with van der Waals surface area (Å²) in [5, 5.41) is 0. The molecule has 0 saturated heterocycles. The van der Waals surface area contributed by atoms with Crippen molar-refractivity contribution < 1.29 is 4.74 Å². The maximum absolute atomic E-state index is 6.02. The predicted molar refractivity (Wildman–Crippen MR) is 75.8 cm³/mol. The van der Waals surface area contributed by atoms with Gasteiger partial charge in [0.2, 0.25) is 0 Å². The van der Waals surface area contributed by atoms with Gasteiger partial charge >= 0.3 is 0 Å². The Bertz CT molecular complexity index is 355. The summed E-state index contributed by atoms with van der Waals surface area (Å²) in [6, 6.07) is 4.40. The second-order valence-corrected chi connectivity index (χ2v) is 4.65. The number of aromatic nitrogens is 1. The molecule has 0 aliphatic heterocycles. The molecule has 4 nitrogen and oxygen atoms in total. The second kappa shape index (κ2) is 7.34. The van der Waals surface area contributed by atoms with Crippen molar-refractivity contribution in [2.75, 3.05) is 25.2 Å². The van der Waals surface area contributed by atoms with E-state index in [9.17, 15) is 0 Å². The highest BCUT2D eigenvalue weighted by atomic mass is 16.5. The number of nitrogens with two attached hydrogens (primary N) is 1. The van der Waals surface area contributed by atoms with E-state index < -0.39 is 0 Å². The zero-order valence-electron chi connectivity index (χ0n) is 11.9. The second-order valence-electron chi connectivity index (χ2n) is 4.65. The average molecular weight is 251 g/mol. The minimum Gasteiger partial charge on any atom is -0.383 e.